The molecule has 0 aliphatic carbocycles. The molecule has 3 rings (SSSR count). The van der Waals surface area contributed by atoms with Gasteiger partial charge in [0.05, 0.1) is 16.6 Å². The van der Waals surface area contributed by atoms with Gasteiger partial charge in [-0.3, -0.25) is 9.59 Å². The molecule has 0 bridgehead atoms. The highest BCUT2D eigenvalue weighted by atomic mass is 35.5. The second-order valence-corrected chi connectivity index (χ2v) is 6.84. The van der Waals surface area contributed by atoms with Gasteiger partial charge in [0.15, 0.2) is 0 Å². The number of amides is 2. The molecule has 1 aliphatic rings. The molecule has 0 spiro atoms. The van der Waals surface area contributed by atoms with Gasteiger partial charge in [-0.15, -0.1) is 0 Å². The average molecular weight is 377 g/mol. The highest BCUT2D eigenvalue weighted by molar-refractivity contribution is 6.35. The SMILES string of the molecule is CCc1ccccc1N1CC(C(=O)Nc2cc(Cl)ccc2Cl)CC1=O. The number of anilines is 2. The van der Waals surface area contributed by atoms with E-state index < -0.39 is 5.92 Å². The molecule has 1 atom stereocenters. The summed E-state index contributed by atoms with van der Waals surface area (Å²) in [6.45, 7) is 2.41. The molecule has 2 aromatic rings. The third-order valence-corrected chi connectivity index (χ3v) is 4.91. The first-order valence-electron chi connectivity index (χ1n) is 8.13. The Morgan fingerprint density at radius 2 is 2.00 bits per heavy atom. The maximum absolute atomic E-state index is 12.6. The van der Waals surface area contributed by atoms with Crippen LogP contribution in [0.3, 0.4) is 0 Å². The van der Waals surface area contributed by atoms with Gasteiger partial charge in [0.25, 0.3) is 0 Å². The molecule has 1 heterocycles. The van der Waals surface area contributed by atoms with Crippen LogP contribution in [0.15, 0.2) is 42.5 Å². The second-order valence-electron chi connectivity index (χ2n) is 6.00. The lowest BCUT2D eigenvalue weighted by molar-refractivity contribution is -0.122. The maximum atomic E-state index is 12.6. The minimum absolute atomic E-state index is 0.0433. The molecule has 4 nitrogen and oxygen atoms in total. The van der Waals surface area contributed by atoms with E-state index in [9.17, 15) is 9.59 Å². The zero-order chi connectivity index (χ0) is 18.0. The molecular weight excluding hydrogens is 359 g/mol. The van der Waals surface area contributed by atoms with E-state index in [2.05, 4.69) is 5.32 Å². The van der Waals surface area contributed by atoms with Crippen LogP contribution in [0.5, 0.6) is 0 Å². The van der Waals surface area contributed by atoms with Crippen molar-refractivity contribution in [3.63, 3.8) is 0 Å². The summed E-state index contributed by atoms with van der Waals surface area (Å²) in [5.74, 6) is -0.695. The van der Waals surface area contributed by atoms with Crippen LogP contribution >= 0.6 is 23.2 Å². The number of nitrogens with one attached hydrogen (secondary N) is 1. The summed E-state index contributed by atoms with van der Waals surface area (Å²) in [5.41, 5.74) is 2.43. The standard InChI is InChI=1S/C19H18Cl2N2O2/c1-2-12-5-3-4-6-17(12)23-11-13(9-18(23)24)19(25)22-16-10-14(20)7-8-15(16)21/h3-8,10,13H,2,9,11H2,1H3,(H,22,25). The number of hydrogen-bond acceptors (Lipinski definition) is 2. The Kier molecular flexibility index (Phi) is 5.30. The van der Waals surface area contributed by atoms with Crippen molar-refractivity contribution in [2.45, 2.75) is 19.8 Å². The third-order valence-electron chi connectivity index (χ3n) is 4.35. The van der Waals surface area contributed by atoms with Gasteiger partial charge in [0.2, 0.25) is 11.8 Å². The molecule has 0 radical (unpaired) electrons. The largest absolute Gasteiger partial charge is 0.324 e. The van der Waals surface area contributed by atoms with E-state index in [0.29, 0.717) is 22.3 Å². The summed E-state index contributed by atoms with van der Waals surface area (Å²) >= 11 is 12.0. The molecule has 130 valence electrons. The van der Waals surface area contributed by atoms with Gasteiger partial charge in [-0.05, 0) is 36.2 Å². The first kappa shape index (κ1) is 17.8. The summed E-state index contributed by atoms with van der Waals surface area (Å²) < 4.78 is 0. The van der Waals surface area contributed by atoms with Crippen LogP contribution in [0.1, 0.15) is 18.9 Å². The number of aryl methyl sites for hydroxylation is 1. The number of para-hydroxylation sites is 1. The van der Waals surface area contributed by atoms with Crippen molar-refractivity contribution in [1.82, 2.24) is 0 Å². The van der Waals surface area contributed by atoms with Crippen molar-refractivity contribution < 1.29 is 9.59 Å². The van der Waals surface area contributed by atoms with Crippen LogP contribution in [-0.2, 0) is 16.0 Å². The normalized spacial score (nSPS) is 17.0. The van der Waals surface area contributed by atoms with Crippen molar-refractivity contribution >= 4 is 46.4 Å². The van der Waals surface area contributed by atoms with Gasteiger partial charge < -0.3 is 10.2 Å². The average Bonchev–Trinajstić information content (AvgIpc) is 3.00. The summed E-state index contributed by atoms with van der Waals surface area (Å²) in [5, 5.41) is 3.68. The van der Waals surface area contributed by atoms with Gasteiger partial charge in [-0.1, -0.05) is 48.3 Å². The zero-order valence-electron chi connectivity index (χ0n) is 13.8. The fourth-order valence-electron chi connectivity index (χ4n) is 3.02. The van der Waals surface area contributed by atoms with Crippen LogP contribution in [0.25, 0.3) is 0 Å². The Hall–Kier alpha value is -2.04. The lowest BCUT2D eigenvalue weighted by atomic mass is 10.1. The van der Waals surface area contributed by atoms with Gasteiger partial charge in [0, 0.05) is 23.7 Å². The lowest BCUT2D eigenvalue weighted by Gasteiger charge is -2.20. The van der Waals surface area contributed by atoms with E-state index in [0.717, 1.165) is 17.7 Å². The molecule has 0 saturated carbocycles. The molecule has 25 heavy (non-hydrogen) atoms. The van der Waals surface area contributed by atoms with Crippen LogP contribution in [0.4, 0.5) is 11.4 Å². The lowest BCUT2D eigenvalue weighted by Crippen LogP contribution is -2.28. The van der Waals surface area contributed by atoms with Gasteiger partial charge >= 0.3 is 0 Å². The zero-order valence-corrected chi connectivity index (χ0v) is 15.3. The predicted molar refractivity (Wildman–Crippen MR) is 101 cm³/mol. The molecule has 6 heteroatoms. The van der Waals surface area contributed by atoms with Crippen molar-refractivity contribution in [2.75, 3.05) is 16.8 Å². The molecule has 2 aromatic carbocycles. The first-order valence-corrected chi connectivity index (χ1v) is 8.89. The number of carbonyl (C=O) groups excluding carboxylic acids is 2. The minimum Gasteiger partial charge on any atom is -0.324 e. The summed E-state index contributed by atoms with van der Waals surface area (Å²) in [6.07, 6.45) is 1.01. The smallest absolute Gasteiger partial charge is 0.229 e. The van der Waals surface area contributed by atoms with Crippen molar-refractivity contribution in [3.8, 4) is 0 Å². The van der Waals surface area contributed by atoms with Gasteiger partial charge in [-0.2, -0.15) is 0 Å². The van der Waals surface area contributed by atoms with E-state index in [1.54, 1.807) is 23.1 Å². The van der Waals surface area contributed by atoms with E-state index in [1.807, 2.05) is 31.2 Å². The van der Waals surface area contributed by atoms with Gasteiger partial charge in [-0.25, -0.2) is 0 Å². The molecule has 1 unspecified atom stereocenters. The van der Waals surface area contributed by atoms with Crippen LogP contribution < -0.4 is 10.2 Å². The van der Waals surface area contributed by atoms with E-state index in [-0.39, 0.29) is 18.2 Å². The van der Waals surface area contributed by atoms with Crippen molar-refractivity contribution in [1.29, 1.82) is 0 Å². The minimum atomic E-state index is -0.424. The Morgan fingerprint density at radius 1 is 1.24 bits per heavy atom. The molecule has 1 aliphatic heterocycles. The number of carbonyl (C=O) groups is 2. The van der Waals surface area contributed by atoms with Crippen molar-refractivity contribution in [2.24, 2.45) is 5.92 Å². The molecular formula is C19H18Cl2N2O2. The number of nitrogens with zero attached hydrogens (tertiary/aromatic N) is 1. The summed E-state index contributed by atoms with van der Waals surface area (Å²) in [4.78, 5) is 26.7. The molecule has 2 amide bonds. The topological polar surface area (TPSA) is 49.4 Å². The molecule has 1 fully saturated rings. The molecule has 1 saturated heterocycles. The van der Waals surface area contributed by atoms with Crippen LogP contribution in [0, 0.1) is 5.92 Å². The Labute approximate surface area is 156 Å². The highest BCUT2D eigenvalue weighted by Crippen LogP contribution is 2.30. The highest BCUT2D eigenvalue weighted by Gasteiger charge is 2.35. The Morgan fingerprint density at radius 3 is 2.76 bits per heavy atom. The van der Waals surface area contributed by atoms with Crippen LogP contribution in [-0.4, -0.2) is 18.4 Å². The van der Waals surface area contributed by atoms with Crippen molar-refractivity contribution in [3.05, 3.63) is 58.1 Å². The van der Waals surface area contributed by atoms with Gasteiger partial charge in [0.1, 0.15) is 0 Å². The van der Waals surface area contributed by atoms with E-state index in [1.165, 1.54) is 0 Å². The monoisotopic (exact) mass is 376 g/mol. The van der Waals surface area contributed by atoms with E-state index >= 15 is 0 Å². The third kappa shape index (κ3) is 3.80. The molecule has 1 N–H and O–H groups in total. The fraction of sp³-hybridized carbons (Fsp3) is 0.263. The summed E-state index contributed by atoms with van der Waals surface area (Å²) in [7, 11) is 0. The van der Waals surface area contributed by atoms with Crippen LogP contribution in [0.2, 0.25) is 10.0 Å². The Balaban J connectivity index is 1.76. The number of halogens is 2. The number of rotatable bonds is 4. The summed E-state index contributed by atoms with van der Waals surface area (Å²) in [6, 6.07) is 12.7. The predicted octanol–water partition coefficient (Wildman–Crippen LogP) is 4.55. The second kappa shape index (κ2) is 7.46. The first-order chi connectivity index (χ1) is 12.0. The maximum Gasteiger partial charge on any atom is 0.229 e. The van der Waals surface area contributed by atoms with E-state index in [4.69, 9.17) is 23.2 Å². The number of benzene rings is 2. The fourth-order valence-corrected chi connectivity index (χ4v) is 3.35. The Bertz CT molecular complexity index is 823. The number of hydrogen-bond donors (Lipinski definition) is 1. The molecule has 0 aromatic heterocycles. The quantitative estimate of drug-likeness (QED) is 0.850.